The van der Waals surface area contributed by atoms with Crippen molar-refractivity contribution in [3.05, 3.63) is 68.6 Å². The molecule has 8 nitrogen and oxygen atoms in total. The van der Waals surface area contributed by atoms with Crippen LogP contribution in [0.5, 0.6) is 5.88 Å². The van der Waals surface area contributed by atoms with E-state index in [1.165, 1.54) is 36.0 Å². The number of pyridine rings is 2. The van der Waals surface area contributed by atoms with Crippen molar-refractivity contribution in [2.45, 2.75) is 4.21 Å². The molecule has 0 saturated heterocycles. The third-order valence-corrected chi connectivity index (χ3v) is 7.44. The molecular weight excluding hydrogens is 471 g/mol. The molecule has 4 aromatic heterocycles. The Bertz CT molecular complexity index is 1430. The Labute approximate surface area is 184 Å². The van der Waals surface area contributed by atoms with Crippen LogP contribution < -0.4 is 15.0 Å². The Balaban J connectivity index is 1.79. The zero-order chi connectivity index (χ0) is 21.5. The number of hydrogen-bond donors (Lipinski definition) is 1. The van der Waals surface area contributed by atoms with Gasteiger partial charge in [0.1, 0.15) is 20.6 Å². The van der Waals surface area contributed by atoms with E-state index in [0.29, 0.717) is 21.1 Å². The third-order valence-electron chi connectivity index (χ3n) is 4.10. The zero-order valence-corrected chi connectivity index (χ0v) is 18.3. The van der Waals surface area contributed by atoms with Crippen LogP contribution in [0.1, 0.15) is 0 Å². The van der Waals surface area contributed by atoms with E-state index < -0.39 is 15.6 Å². The second kappa shape index (κ2) is 7.88. The Morgan fingerprint density at radius 1 is 1.10 bits per heavy atom. The Kier molecular flexibility index (Phi) is 5.41. The number of fused-ring (bicyclic) bond motifs is 1. The minimum absolute atomic E-state index is 0.0134. The van der Waals surface area contributed by atoms with E-state index in [9.17, 15) is 13.2 Å². The van der Waals surface area contributed by atoms with Crippen LogP contribution in [0.4, 0.5) is 5.69 Å². The summed E-state index contributed by atoms with van der Waals surface area (Å²) < 4.78 is 34.7. The molecule has 12 heteroatoms. The van der Waals surface area contributed by atoms with E-state index in [-0.39, 0.29) is 20.8 Å². The number of ether oxygens (including phenoxy) is 1. The van der Waals surface area contributed by atoms with Gasteiger partial charge in [-0.1, -0.05) is 23.2 Å². The van der Waals surface area contributed by atoms with Crippen molar-refractivity contribution in [3.8, 4) is 17.0 Å². The Hall–Kier alpha value is -2.66. The van der Waals surface area contributed by atoms with Gasteiger partial charge in [-0.05, 0) is 30.3 Å². The molecule has 0 aromatic carbocycles. The van der Waals surface area contributed by atoms with Crippen LogP contribution in [0.2, 0.25) is 9.36 Å². The van der Waals surface area contributed by atoms with E-state index >= 15 is 0 Å². The molecule has 154 valence electrons. The number of hydrogen-bond acceptors (Lipinski definition) is 7. The lowest BCUT2D eigenvalue weighted by molar-refractivity contribution is 0.400. The van der Waals surface area contributed by atoms with Gasteiger partial charge in [0.2, 0.25) is 5.88 Å². The molecule has 1 N–H and O–H groups in total. The molecule has 0 spiro atoms. The highest BCUT2D eigenvalue weighted by molar-refractivity contribution is 7.94. The number of nitrogens with one attached hydrogen (secondary N) is 1. The van der Waals surface area contributed by atoms with Crippen LogP contribution >= 0.6 is 34.5 Å². The van der Waals surface area contributed by atoms with Gasteiger partial charge in [0.25, 0.3) is 15.6 Å². The van der Waals surface area contributed by atoms with Gasteiger partial charge in [0.15, 0.2) is 0 Å². The highest BCUT2D eigenvalue weighted by Crippen LogP contribution is 2.32. The average molecular weight is 483 g/mol. The molecule has 4 heterocycles. The average Bonchev–Trinajstić information content (AvgIpc) is 3.18. The number of rotatable bonds is 5. The van der Waals surface area contributed by atoms with E-state index in [4.69, 9.17) is 27.9 Å². The van der Waals surface area contributed by atoms with E-state index in [2.05, 4.69) is 14.7 Å². The summed E-state index contributed by atoms with van der Waals surface area (Å²) in [5.74, 6) is 0.0904. The molecule has 0 atom stereocenters. The highest BCUT2D eigenvalue weighted by atomic mass is 35.5. The van der Waals surface area contributed by atoms with Crippen LogP contribution in [0.3, 0.4) is 0 Å². The third kappa shape index (κ3) is 3.86. The number of halogens is 2. The summed E-state index contributed by atoms with van der Waals surface area (Å²) >= 11 is 12.7. The summed E-state index contributed by atoms with van der Waals surface area (Å²) in [5, 5.41) is -0.0134. The van der Waals surface area contributed by atoms with E-state index in [0.717, 1.165) is 11.3 Å². The summed E-state index contributed by atoms with van der Waals surface area (Å²) in [7, 11) is -2.51. The number of methoxy groups -OCH3 is 1. The van der Waals surface area contributed by atoms with Crippen LogP contribution in [0, 0.1) is 0 Å². The molecule has 4 aromatic rings. The van der Waals surface area contributed by atoms with Crippen molar-refractivity contribution in [1.82, 2.24) is 14.4 Å². The van der Waals surface area contributed by atoms with Crippen molar-refractivity contribution in [1.29, 1.82) is 0 Å². The van der Waals surface area contributed by atoms with Gasteiger partial charge in [0, 0.05) is 23.5 Å². The second-order valence-electron chi connectivity index (χ2n) is 6.00. The fraction of sp³-hybridized carbons (Fsp3) is 0.0556. The van der Waals surface area contributed by atoms with Gasteiger partial charge in [-0.2, -0.15) is 0 Å². The summed E-state index contributed by atoms with van der Waals surface area (Å²) in [4.78, 5) is 20.6. The van der Waals surface area contributed by atoms with Gasteiger partial charge >= 0.3 is 0 Å². The predicted octanol–water partition coefficient (Wildman–Crippen LogP) is 3.93. The van der Waals surface area contributed by atoms with Crippen molar-refractivity contribution < 1.29 is 13.2 Å². The first-order valence-corrected chi connectivity index (χ1v) is 11.3. The van der Waals surface area contributed by atoms with Crippen molar-refractivity contribution in [2.75, 3.05) is 11.8 Å². The first kappa shape index (κ1) is 20.6. The lowest BCUT2D eigenvalue weighted by Gasteiger charge is -2.12. The summed E-state index contributed by atoms with van der Waals surface area (Å²) in [6.45, 7) is 0. The Morgan fingerprint density at radius 3 is 2.60 bits per heavy atom. The van der Waals surface area contributed by atoms with Crippen molar-refractivity contribution in [3.63, 3.8) is 0 Å². The van der Waals surface area contributed by atoms with E-state index in [1.807, 2.05) is 0 Å². The van der Waals surface area contributed by atoms with E-state index in [1.54, 1.807) is 24.4 Å². The maximum absolute atomic E-state index is 12.7. The lowest BCUT2D eigenvalue weighted by Crippen LogP contribution is -2.15. The number of anilines is 1. The summed E-state index contributed by atoms with van der Waals surface area (Å²) in [6, 6.07) is 7.85. The smallest absolute Gasteiger partial charge is 0.276 e. The molecule has 4 rings (SSSR count). The first-order chi connectivity index (χ1) is 14.3. The molecule has 0 radical (unpaired) electrons. The van der Waals surface area contributed by atoms with Gasteiger partial charge in [-0.25, -0.2) is 18.4 Å². The molecule has 0 bridgehead atoms. The summed E-state index contributed by atoms with van der Waals surface area (Å²) in [6.07, 6.45) is 4.34. The van der Waals surface area contributed by atoms with Gasteiger partial charge in [0.05, 0.1) is 17.6 Å². The lowest BCUT2D eigenvalue weighted by atomic mass is 10.1. The SMILES string of the molecule is COc1ncc(-c2ccc3ncc(Cl)c(=O)n3c2)cc1NS(=O)(=O)c1ccc(Cl)s1. The Morgan fingerprint density at radius 2 is 1.90 bits per heavy atom. The quantitative estimate of drug-likeness (QED) is 0.462. The maximum Gasteiger partial charge on any atom is 0.276 e. The standard InChI is InChI=1S/C18H12Cl2N4O4S2/c1-28-17-13(23-30(26,27)16-5-3-14(20)29-16)6-11(7-22-17)10-2-4-15-21-8-12(19)18(25)24(15)9-10/h2-9,23H,1H3. The fourth-order valence-electron chi connectivity index (χ4n) is 2.71. The van der Waals surface area contributed by atoms with Crippen molar-refractivity contribution >= 4 is 55.9 Å². The second-order valence-corrected chi connectivity index (χ2v) is 10.0. The van der Waals surface area contributed by atoms with Crippen LogP contribution in [0.25, 0.3) is 16.8 Å². The minimum atomic E-state index is -3.89. The highest BCUT2D eigenvalue weighted by Gasteiger charge is 2.20. The molecule has 0 aliphatic carbocycles. The molecule has 0 unspecified atom stereocenters. The first-order valence-electron chi connectivity index (χ1n) is 8.28. The molecule has 0 saturated carbocycles. The minimum Gasteiger partial charge on any atom is -0.480 e. The fourth-order valence-corrected chi connectivity index (χ4v) is 5.38. The van der Waals surface area contributed by atoms with Gasteiger partial charge in [-0.3, -0.25) is 13.9 Å². The molecule has 0 fully saturated rings. The number of sulfonamides is 1. The monoisotopic (exact) mass is 482 g/mol. The summed E-state index contributed by atoms with van der Waals surface area (Å²) in [5.41, 5.74) is 1.29. The van der Waals surface area contributed by atoms with Gasteiger partial charge < -0.3 is 4.74 Å². The van der Waals surface area contributed by atoms with Crippen molar-refractivity contribution in [2.24, 2.45) is 0 Å². The van der Waals surface area contributed by atoms with Crippen LogP contribution in [-0.4, -0.2) is 29.9 Å². The molecule has 0 amide bonds. The van der Waals surface area contributed by atoms with Crippen LogP contribution in [-0.2, 0) is 10.0 Å². The molecule has 0 aliphatic rings. The molecular formula is C18H12Cl2N4O4S2. The molecule has 0 aliphatic heterocycles. The van der Waals surface area contributed by atoms with Crippen LogP contribution in [0.15, 0.2) is 57.9 Å². The normalized spacial score (nSPS) is 11.6. The maximum atomic E-state index is 12.7. The largest absolute Gasteiger partial charge is 0.480 e. The number of nitrogens with zero attached hydrogens (tertiary/aromatic N) is 3. The number of thiophene rings is 1. The molecule has 30 heavy (non-hydrogen) atoms. The predicted molar refractivity (Wildman–Crippen MR) is 116 cm³/mol. The zero-order valence-electron chi connectivity index (χ0n) is 15.2. The number of aromatic nitrogens is 3. The topological polar surface area (TPSA) is 103 Å². The van der Waals surface area contributed by atoms with Gasteiger partial charge in [-0.15, -0.1) is 11.3 Å².